The Morgan fingerprint density at radius 1 is 0.731 bits per heavy atom. The molecule has 0 aliphatic carbocycles. The number of hydrogen-bond donors (Lipinski definition) is 0. The van der Waals surface area contributed by atoms with Gasteiger partial charge >= 0.3 is 5.97 Å². The summed E-state index contributed by atoms with van der Waals surface area (Å²) < 4.78 is 82.6. The molecule has 67 heavy (non-hydrogen) atoms. The van der Waals surface area contributed by atoms with E-state index in [1.807, 2.05) is 0 Å². The van der Waals surface area contributed by atoms with Crippen LogP contribution in [0.1, 0.15) is 118 Å². The highest BCUT2D eigenvalue weighted by Gasteiger charge is 2.67. The Bertz CT molecular complexity index is 1720. The highest BCUT2D eigenvalue weighted by molar-refractivity contribution is 14.1. The summed E-state index contributed by atoms with van der Waals surface area (Å²) in [6, 6.07) is 3.21. The molecule has 0 aromatic heterocycles. The summed E-state index contributed by atoms with van der Waals surface area (Å²) in [6.07, 6.45) is 6.89. The van der Waals surface area contributed by atoms with E-state index in [9.17, 15) is 4.79 Å². The smallest absolute Gasteiger partial charge is 0.308 e. The third kappa shape index (κ3) is 10.7. The van der Waals surface area contributed by atoms with Crippen molar-refractivity contribution in [3.05, 3.63) is 37.0 Å². The van der Waals surface area contributed by atoms with Crippen molar-refractivity contribution in [2.45, 2.75) is 246 Å². The lowest BCUT2D eigenvalue weighted by atomic mass is 9.79. The fourth-order valence-corrected chi connectivity index (χ4v) is 16.8. The molecule has 0 aromatic carbocycles. The van der Waals surface area contributed by atoms with Crippen LogP contribution in [-0.4, -0.2) is 148 Å². The first kappa shape index (κ1) is 51.1. The predicted molar refractivity (Wildman–Crippen MR) is 263 cm³/mol. The van der Waals surface area contributed by atoms with Crippen LogP contribution in [0.3, 0.4) is 0 Å². The molecule has 20 atom stereocenters. The first-order valence-electron chi connectivity index (χ1n) is 26.3. The molecule has 378 valence electrons. The second-order valence-corrected chi connectivity index (χ2v) is 27.0. The van der Waals surface area contributed by atoms with Crippen molar-refractivity contribution in [1.82, 2.24) is 0 Å². The van der Waals surface area contributed by atoms with E-state index < -0.39 is 50.7 Å². The standard InChI is InChI=1S/C52H81IO13Si/c1-9-21-57-52-20-23-56-51(52)50-49(65-52)48-47-38(62-50)19-17-36(60-47)26-44(54)64-46-33(8)45-42(28-40(43(29-53)63-45)66-67(10-2,11-3)12-4)61-41(46)27-39-32(7)30(5)24-35(59-39)16-18-37-31(6)25-34(58-37)15-13-14-22-55-48/h9,30,33-43,45-51H,1,6-7,10-29H2,2-5,8H3/t30-,33+,34?,35+,36?,37+,38?,39?,40-,41+,42+,43-,45+,46?,47+,48?,49?,50?,51?,52-/m1/s1. The summed E-state index contributed by atoms with van der Waals surface area (Å²) in [5.41, 5.74) is 2.24. The highest BCUT2D eigenvalue weighted by Crippen LogP contribution is 2.50. The Morgan fingerprint density at radius 2 is 1.49 bits per heavy atom. The van der Waals surface area contributed by atoms with Crippen LogP contribution in [0.15, 0.2) is 37.0 Å². The van der Waals surface area contributed by atoms with Crippen LogP contribution in [0.2, 0.25) is 18.1 Å². The molecule has 15 heteroatoms. The molecule has 13 nitrogen and oxygen atoms in total. The summed E-state index contributed by atoms with van der Waals surface area (Å²) in [7, 11) is -1.94. The van der Waals surface area contributed by atoms with Gasteiger partial charge in [0.1, 0.15) is 36.6 Å². The summed E-state index contributed by atoms with van der Waals surface area (Å²) in [6.45, 7) is 25.6. The Hall–Kier alpha value is -0.803. The van der Waals surface area contributed by atoms with Crippen molar-refractivity contribution in [1.29, 1.82) is 0 Å². The number of esters is 1. The lowest BCUT2D eigenvalue weighted by Gasteiger charge is -2.52. The molecule has 9 heterocycles. The molecule has 0 saturated carbocycles. The third-order valence-electron chi connectivity index (χ3n) is 17.3. The molecule has 0 N–H and O–H groups in total. The lowest BCUT2D eigenvalue weighted by molar-refractivity contribution is -0.287. The second kappa shape index (κ2) is 22.1. The molecule has 0 radical (unpaired) electrons. The van der Waals surface area contributed by atoms with E-state index in [0.29, 0.717) is 45.5 Å². The number of ether oxygens (including phenoxy) is 11. The molecule has 0 amide bonds. The molecular formula is C52H81IO13Si. The van der Waals surface area contributed by atoms with Crippen LogP contribution in [0.5, 0.6) is 0 Å². The van der Waals surface area contributed by atoms with E-state index in [4.69, 9.17) is 56.5 Å². The number of fused-ring (bicyclic) bond motifs is 11. The zero-order valence-corrected chi connectivity index (χ0v) is 44.2. The van der Waals surface area contributed by atoms with E-state index in [0.717, 1.165) is 79.5 Å². The van der Waals surface area contributed by atoms with E-state index in [-0.39, 0.29) is 91.4 Å². The van der Waals surface area contributed by atoms with Gasteiger partial charge in [-0.15, -0.1) is 6.58 Å². The second-order valence-electron chi connectivity index (χ2n) is 21.3. The average molecular weight is 1070 g/mol. The molecule has 0 spiro atoms. The zero-order chi connectivity index (χ0) is 47.0. The largest absolute Gasteiger partial charge is 0.459 e. The molecule has 9 saturated heterocycles. The first-order chi connectivity index (χ1) is 32.4. The van der Waals surface area contributed by atoms with E-state index in [2.05, 4.69) is 76.9 Å². The molecular weight excluding hydrogens is 988 g/mol. The fourth-order valence-electron chi connectivity index (χ4n) is 13.2. The van der Waals surface area contributed by atoms with Crippen molar-refractivity contribution < 1.29 is 61.3 Å². The first-order valence-corrected chi connectivity index (χ1v) is 30.3. The Labute approximate surface area is 415 Å². The van der Waals surface area contributed by atoms with Gasteiger partial charge in [0.25, 0.3) is 0 Å². The van der Waals surface area contributed by atoms with Gasteiger partial charge in [0.15, 0.2) is 14.1 Å². The van der Waals surface area contributed by atoms with Crippen LogP contribution >= 0.6 is 22.6 Å². The number of carbonyl (C=O) groups is 1. The van der Waals surface area contributed by atoms with Gasteiger partial charge in [0.05, 0.1) is 86.8 Å². The number of hydrogen-bond acceptors (Lipinski definition) is 13. The summed E-state index contributed by atoms with van der Waals surface area (Å²) in [5, 5.41) is 0. The van der Waals surface area contributed by atoms with Crippen LogP contribution in [0.25, 0.3) is 0 Å². The lowest BCUT2D eigenvalue weighted by Crippen LogP contribution is -2.63. The van der Waals surface area contributed by atoms with Crippen LogP contribution in [-0.2, 0) is 61.3 Å². The molecule has 0 aromatic rings. The molecule has 9 rings (SSSR count). The third-order valence-corrected chi connectivity index (χ3v) is 22.8. The Morgan fingerprint density at radius 3 is 2.27 bits per heavy atom. The van der Waals surface area contributed by atoms with E-state index in [1.54, 1.807) is 6.08 Å². The minimum Gasteiger partial charge on any atom is -0.459 e. The van der Waals surface area contributed by atoms with Crippen molar-refractivity contribution in [2.24, 2.45) is 11.8 Å². The molecule has 9 aliphatic heterocycles. The predicted octanol–water partition coefficient (Wildman–Crippen LogP) is 8.88. The maximum atomic E-state index is 14.5. The van der Waals surface area contributed by atoms with Crippen LogP contribution in [0.4, 0.5) is 0 Å². The van der Waals surface area contributed by atoms with Gasteiger partial charge in [-0.3, -0.25) is 4.79 Å². The van der Waals surface area contributed by atoms with Gasteiger partial charge in [-0.25, -0.2) is 0 Å². The molecule has 9 unspecified atom stereocenters. The van der Waals surface area contributed by atoms with E-state index >= 15 is 0 Å². The van der Waals surface area contributed by atoms with Gasteiger partial charge in [-0.1, -0.05) is 76.4 Å². The Balaban J connectivity index is 0.974. The van der Waals surface area contributed by atoms with Crippen molar-refractivity contribution in [3.63, 3.8) is 0 Å². The van der Waals surface area contributed by atoms with Gasteiger partial charge in [0.2, 0.25) is 0 Å². The summed E-state index contributed by atoms with van der Waals surface area (Å²) in [4.78, 5) is 14.5. The monoisotopic (exact) mass is 1070 g/mol. The maximum Gasteiger partial charge on any atom is 0.308 e. The topological polar surface area (TPSA) is 128 Å². The minimum absolute atomic E-state index is 0.0145. The Kier molecular flexibility index (Phi) is 16.9. The molecule has 9 fully saturated rings. The van der Waals surface area contributed by atoms with Crippen molar-refractivity contribution in [2.75, 3.05) is 24.2 Å². The van der Waals surface area contributed by atoms with Gasteiger partial charge in [-0.05, 0) is 93.0 Å². The van der Waals surface area contributed by atoms with Gasteiger partial charge < -0.3 is 56.5 Å². The average Bonchev–Trinajstić information content (AvgIpc) is 3.99. The van der Waals surface area contributed by atoms with Crippen LogP contribution < -0.4 is 0 Å². The highest BCUT2D eigenvalue weighted by atomic mass is 127. The number of carbonyl (C=O) groups excluding carboxylic acids is 1. The summed E-state index contributed by atoms with van der Waals surface area (Å²) in [5.74, 6) is -1.12. The van der Waals surface area contributed by atoms with Crippen LogP contribution in [0, 0.1) is 11.8 Å². The quantitative estimate of drug-likeness (QED) is 0.0718. The van der Waals surface area contributed by atoms with Crippen molar-refractivity contribution in [3.8, 4) is 0 Å². The number of alkyl halides is 1. The minimum atomic E-state index is -1.94. The van der Waals surface area contributed by atoms with Crippen molar-refractivity contribution >= 4 is 36.9 Å². The molecule has 9 aliphatic rings. The number of rotatable bonds is 9. The number of halogens is 1. The molecule has 6 bridgehead atoms. The SMILES string of the molecule is C=CCO[C@@]12CCOC1C1OC3CCC4CC(=O)OC5[C@H](CC6O[C@@H](CC[C@@H]7OC(CCCCOC(C1O2)[C@H]3O4)CC7=C)C[C@@H](C)C6=C)O[C@H]1C[C@@H](O[Si](CC)(CC)CC)[C@@H](CI)O[C@H]1[C@@H]5C. The van der Waals surface area contributed by atoms with Gasteiger partial charge in [-0.2, -0.15) is 0 Å². The zero-order valence-electron chi connectivity index (χ0n) is 41.0. The normalized spacial score (nSPS) is 46.4. The fraction of sp³-hybridized carbons (Fsp3) is 0.865. The maximum absolute atomic E-state index is 14.5. The van der Waals surface area contributed by atoms with Gasteiger partial charge in [0, 0.05) is 36.2 Å². The summed E-state index contributed by atoms with van der Waals surface area (Å²) >= 11 is 2.44. The van der Waals surface area contributed by atoms with E-state index in [1.165, 1.54) is 5.57 Å².